The first-order chi connectivity index (χ1) is 10.0. The van der Waals surface area contributed by atoms with Crippen LogP contribution in [-0.2, 0) is 0 Å². The van der Waals surface area contributed by atoms with E-state index in [-0.39, 0.29) is 11.9 Å². The Labute approximate surface area is 132 Å². The smallest absolute Gasteiger partial charge is 0.317 e. The van der Waals surface area contributed by atoms with Crippen molar-refractivity contribution in [3.05, 3.63) is 28.2 Å². The number of rotatable bonds is 2. The summed E-state index contributed by atoms with van der Waals surface area (Å²) in [6.07, 6.45) is 0. The minimum Gasteiger partial charge on any atom is -0.398 e. The fourth-order valence-corrected chi connectivity index (χ4v) is 2.65. The van der Waals surface area contributed by atoms with Crippen LogP contribution in [0.15, 0.2) is 22.7 Å². The maximum Gasteiger partial charge on any atom is 0.317 e. The first-order valence-corrected chi connectivity index (χ1v) is 7.69. The standard InChI is InChI=1S/C14H19BrN4O2/c1-2-17-14(21)19-7-5-18(6-8-19)13(20)11-4-3-10(15)9-12(11)16/h3-4,9H,2,5-8,16H2,1H3,(H,17,21). The van der Waals surface area contributed by atoms with E-state index in [9.17, 15) is 9.59 Å². The number of carbonyl (C=O) groups excluding carboxylic acids is 2. The van der Waals surface area contributed by atoms with E-state index in [1.807, 2.05) is 6.92 Å². The Hall–Kier alpha value is -1.76. The van der Waals surface area contributed by atoms with Crippen LogP contribution >= 0.6 is 15.9 Å². The molecule has 1 saturated heterocycles. The molecule has 6 nitrogen and oxygen atoms in total. The average Bonchev–Trinajstić information content (AvgIpc) is 2.47. The van der Waals surface area contributed by atoms with Crippen LogP contribution in [0.3, 0.4) is 0 Å². The number of amides is 3. The number of hydrogen-bond donors (Lipinski definition) is 2. The first-order valence-electron chi connectivity index (χ1n) is 6.90. The van der Waals surface area contributed by atoms with E-state index < -0.39 is 0 Å². The zero-order valence-corrected chi connectivity index (χ0v) is 13.5. The van der Waals surface area contributed by atoms with Gasteiger partial charge in [-0.15, -0.1) is 0 Å². The third kappa shape index (κ3) is 3.66. The summed E-state index contributed by atoms with van der Waals surface area (Å²) in [5.41, 5.74) is 6.86. The summed E-state index contributed by atoms with van der Waals surface area (Å²) in [6, 6.07) is 5.16. The predicted molar refractivity (Wildman–Crippen MR) is 85.1 cm³/mol. The summed E-state index contributed by atoms with van der Waals surface area (Å²) in [4.78, 5) is 27.6. The normalized spacial score (nSPS) is 15.0. The average molecular weight is 355 g/mol. The Bertz CT molecular complexity index is 542. The molecule has 1 aromatic carbocycles. The van der Waals surface area contributed by atoms with Crippen LogP contribution in [-0.4, -0.2) is 54.5 Å². The van der Waals surface area contributed by atoms with Crippen molar-refractivity contribution in [2.45, 2.75) is 6.92 Å². The second kappa shape index (κ2) is 6.80. The number of nitrogen functional groups attached to an aromatic ring is 1. The number of urea groups is 1. The maximum atomic E-state index is 12.4. The molecule has 1 aliphatic heterocycles. The van der Waals surface area contributed by atoms with Gasteiger partial charge in [0.2, 0.25) is 0 Å². The summed E-state index contributed by atoms with van der Waals surface area (Å²) in [7, 11) is 0. The highest BCUT2D eigenvalue weighted by Gasteiger charge is 2.25. The Morgan fingerprint density at radius 1 is 1.24 bits per heavy atom. The second-order valence-corrected chi connectivity index (χ2v) is 5.76. The largest absolute Gasteiger partial charge is 0.398 e. The maximum absolute atomic E-state index is 12.4. The molecule has 1 aromatic rings. The summed E-state index contributed by atoms with van der Waals surface area (Å²) in [6.45, 7) is 4.60. The Balaban J connectivity index is 1.98. The van der Waals surface area contributed by atoms with E-state index in [4.69, 9.17) is 5.73 Å². The van der Waals surface area contributed by atoms with Gasteiger partial charge in [0.1, 0.15) is 0 Å². The van der Waals surface area contributed by atoms with E-state index in [2.05, 4.69) is 21.2 Å². The molecule has 114 valence electrons. The topological polar surface area (TPSA) is 78.7 Å². The summed E-state index contributed by atoms with van der Waals surface area (Å²) in [5, 5.41) is 2.76. The van der Waals surface area contributed by atoms with Crippen LogP contribution in [0.25, 0.3) is 0 Å². The lowest BCUT2D eigenvalue weighted by molar-refractivity contribution is 0.0666. The van der Waals surface area contributed by atoms with Gasteiger partial charge in [0.15, 0.2) is 0 Å². The molecule has 21 heavy (non-hydrogen) atoms. The number of nitrogens with one attached hydrogen (secondary N) is 1. The lowest BCUT2D eigenvalue weighted by Crippen LogP contribution is -2.53. The number of anilines is 1. The molecule has 0 aromatic heterocycles. The number of nitrogens with two attached hydrogens (primary N) is 1. The van der Waals surface area contributed by atoms with Crippen molar-refractivity contribution < 1.29 is 9.59 Å². The van der Waals surface area contributed by atoms with Crippen molar-refractivity contribution in [3.63, 3.8) is 0 Å². The van der Waals surface area contributed by atoms with Gasteiger partial charge in [-0.2, -0.15) is 0 Å². The number of nitrogens with zero attached hydrogens (tertiary/aromatic N) is 2. The van der Waals surface area contributed by atoms with Crippen LogP contribution in [0.2, 0.25) is 0 Å². The van der Waals surface area contributed by atoms with Crippen molar-refractivity contribution in [1.29, 1.82) is 0 Å². The molecule has 0 atom stereocenters. The molecule has 0 spiro atoms. The zero-order valence-electron chi connectivity index (χ0n) is 11.9. The van der Waals surface area contributed by atoms with Gasteiger partial charge in [0, 0.05) is 42.9 Å². The zero-order chi connectivity index (χ0) is 15.4. The molecule has 0 bridgehead atoms. The van der Waals surface area contributed by atoms with Gasteiger partial charge in [-0.25, -0.2) is 4.79 Å². The fourth-order valence-electron chi connectivity index (χ4n) is 2.27. The van der Waals surface area contributed by atoms with Crippen molar-refractivity contribution in [3.8, 4) is 0 Å². The number of halogens is 1. The van der Waals surface area contributed by atoms with E-state index in [1.165, 1.54) is 0 Å². The molecule has 0 saturated carbocycles. The van der Waals surface area contributed by atoms with Gasteiger partial charge < -0.3 is 20.9 Å². The molecular formula is C14H19BrN4O2. The van der Waals surface area contributed by atoms with Crippen LogP contribution in [0.5, 0.6) is 0 Å². The minimum atomic E-state index is -0.0875. The quantitative estimate of drug-likeness (QED) is 0.790. The van der Waals surface area contributed by atoms with Crippen LogP contribution in [0, 0.1) is 0 Å². The molecule has 7 heteroatoms. The SMILES string of the molecule is CCNC(=O)N1CCN(C(=O)c2ccc(Br)cc2N)CC1. The minimum absolute atomic E-state index is 0.0762. The number of hydrogen-bond acceptors (Lipinski definition) is 3. The van der Waals surface area contributed by atoms with E-state index >= 15 is 0 Å². The fraction of sp³-hybridized carbons (Fsp3) is 0.429. The molecule has 0 aliphatic carbocycles. The van der Waals surface area contributed by atoms with E-state index in [0.29, 0.717) is 44.0 Å². The third-order valence-corrected chi connectivity index (χ3v) is 3.92. The molecular weight excluding hydrogens is 336 g/mol. The lowest BCUT2D eigenvalue weighted by Gasteiger charge is -2.34. The highest BCUT2D eigenvalue weighted by molar-refractivity contribution is 9.10. The Kier molecular flexibility index (Phi) is 5.06. The van der Waals surface area contributed by atoms with Gasteiger partial charge in [0.05, 0.1) is 5.56 Å². The second-order valence-electron chi connectivity index (χ2n) is 4.85. The molecule has 3 amide bonds. The summed E-state index contributed by atoms with van der Waals surface area (Å²) >= 11 is 3.32. The van der Waals surface area contributed by atoms with Gasteiger partial charge >= 0.3 is 6.03 Å². The molecule has 0 unspecified atom stereocenters. The predicted octanol–water partition coefficient (Wildman–Crippen LogP) is 1.52. The van der Waals surface area contributed by atoms with Crippen molar-refractivity contribution in [2.75, 3.05) is 38.5 Å². The Morgan fingerprint density at radius 2 is 1.86 bits per heavy atom. The summed E-state index contributed by atoms with van der Waals surface area (Å²) in [5.74, 6) is -0.0875. The van der Waals surface area contributed by atoms with Crippen molar-refractivity contribution in [2.24, 2.45) is 0 Å². The molecule has 0 radical (unpaired) electrons. The first kappa shape index (κ1) is 15.6. The number of carbonyl (C=O) groups is 2. The van der Waals surface area contributed by atoms with E-state index in [1.54, 1.807) is 28.0 Å². The Morgan fingerprint density at radius 3 is 2.43 bits per heavy atom. The van der Waals surface area contributed by atoms with Crippen LogP contribution in [0.1, 0.15) is 17.3 Å². The van der Waals surface area contributed by atoms with Crippen LogP contribution in [0.4, 0.5) is 10.5 Å². The van der Waals surface area contributed by atoms with Gasteiger partial charge in [0.25, 0.3) is 5.91 Å². The highest BCUT2D eigenvalue weighted by atomic mass is 79.9. The molecule has 2 rings (SSSR count). The molecule has 3 N–H and O–H groups in total. The van der Waals surface area contributed by atoms with E-state index in [0.717, 1.165) is 4.47 Å². The monoisotopic (exact) mass is 354 g/mol. The molecule has 1 fully saturated rings. The number of piperazine rings is 1. The summed E-state index contributed by atoms with van der Waals surface area (Å²) < 4.78 is 0.845. The van der Waals surface area contributed by atoms with Gasteiger partial charge in [-0.1, -0.05) is 15.9 Å². The molecule has 1 aliphatic rings. The van der Waals surface area contributed by atoms with Gasteiger partial charge in [-0.3, -0.25) is 4.79 Å². The van der Waals surface area contributed by atoms with Crippen molar-refractivity contribution >= 4 is 33.6 Å². The van der Waals surface area contributed by atoms with Gasteiger partial charge in [-0.05, 0) is 25.1 Å². The highest BCUT2D eigenvalue weighted by Crippen LogP contribution is 2.20. The lowest BCUT2D eigenvalue weighted by atomic mass is 10.1. The van der Waals surface area contributed by atoms with Crippen LogP contribution < -0.4 is 11.1 Å². The number of benzene rings is 1. The third-order valence-electron chi connectivity index (χ3n) is 3.43. The molecule has 1 heterocycles. The van der Waals surface area contributed by atoms with Crippen molar-refractivity contribution in [1.82, 2.24) is 15.1 Å².